The third-order valence-corrected chi connectivity index (χ3v) is 5.07. The molecule has 0 atom stereocenters. The first-order valence-corrected chi connectivity index (χ1v) is 9.50. The number of aromatic amines is 1. The van der Waals surface area contributed by atoms with Gasteiger partial charge in [0.05, 0.1) is 16.6 Å². The Balaban J connectivity index is 1.44. The molecule has 0 saturated carbocycles. The van der Waals surface area contributed by atoms with E-state index in [1.54, 1.807) is 0 Å². The van der Waals surface area contributed by atoms with Crippen molar-refractivity contribution < 1.29 is 4.74 Å². The zero-order chi connectivity index (χ0) is 19.1. The summed E-state index contributed by atoms with van der Waals surface area (Å²) in [4.78, 5) is 7.85. The Morgan fingerprint density at radius 1 is 1.00 bits per heavy atom. The maximum absolute atomic E-state index is 6.18. The Labute approximate surface area is 167 Å². The monoisotopic (exact) mass is 387 g/mol. The molecule has 0 aliphatic heterocycles. The van der Waals surface area contributed by atoms with Gasteiger partial charge in [-0.05, 0) is 61.5 Å². The fourth-order valence-corrected chi connectivity index (χ4v) is 3.79. The number of benzene rings is 3. The fraction of sp³-hybridized carbons (Fsp3) is 0.0870. The van der Waals surface area contributed by atoms with Gasteiger partial charge in [-0.25, -0.2) is 4.98 Å². The van der Waals surface area contributed by atoms with Gasteiger partial charge in [-0.1, -0.05) is 29.8 Å². The van der Waals surface area contributed by atoms with Crippen molar-refractivity contribution in [3.8, 4) is 11.4 Å². The number of fused-ring (bicyclic) bond motifs is 2. The van der Waals surface area contributed by atoms with Crippen LogP contribution in [0.1, 0.15) is 11.5 Å². The largest absolute Gasteiger partial charge is 0.486 e. The zero-order valence-electron chi connectivity index (χ0n) is 15.3. The fourth-order valence-electron chi connectivity index (χ4n) is 3.60. The van der Waals surface area contributed by atoms with E-state index in [1.165, 1.54) is 0 Å². The number of H-pyrrole nitrogens is 1. The van der Waals surface area contributed by atoms with Crippen LogP contribution in [0.25, 0.3) is 27.6 Å². The number of aromatic nitrogens is 3. The van der Waals surface area contributed by atoms with Gasteiger partial charge in [0, 0.05) is 21.8 Å². The molecule has 4 nitrogen and oxygen atoms in total. The van der Waals surface area contributed by atoms with Crippen molar-refractivity contribution in [2.24, 2.45) is 0 Å². The molecule has 5 rings (SSSR count). The minimum atomic E-state index is 0.397. The third kappa shape index (κ3) is 3.02. The molecule has 0 aliphatic rings. The van der Waals surface area contributed by atoms with Gasteiger partial charge in [0.2, 0.25) is 0 Å². The van der Waals surface area contributed by atoms with E-state index in [2.05, 4.69) is 45.7 Å². The van der Waals surface area contributed by atoms with E-state index >= 15 is 0 Å². The lowest BCUT2D eigenvalue weighted by Crippen LogP contribution is -1.98. The molecule has 0 spiro atoms. The van der Waals surface area contributed by atoms with Crippen molar-refractivity contribution in [2.75, 3.05) is 0 Å². The highest BCUT2D eigenvalue weighted by molar-refractivity contribution is 6.30. The molecule has 138 valence electrons. The highest BCUT2D eigenvalue weighted by atomic mass is 35.5. The lowest BCUT2D eigenvalue weighted by atomic mass is 10.2. The van der Waals surface area contributed by atoms with Crippen LogP contribution in [0.5, 0.6) is 5.75 Å². The van der Waals surface area contributed by atoms with Gasteiger partial charge in [0.15, 0.2) is 0 Å². The van der Waals surface area contributed by atoms with Gasteiger partial charge < -0.3 is 14.3 Å². The van der Waals surface area contributed by atoms with Crippen LogP contribution in [-0.4, -0.2) is 14.5 Å². The number of imidazole rings is 1. The molecule has 0 aliphatic carbocycles. The number of ether oxygens (including phenoxy) is 1. The summed E-state index contributed by atoms with van der Waals surface area (Å²) < 4.78 is 8.18. The van der Waals surface area contributed by atoms with E-state index in [0.717, 1.165) is 49.9 Å². The van der Waals surface area contributed by atoms with Gasteiger partial charge in [0.25, 0.3) is 0 Å². The molecule has 0 bridgehead atoms. The summed E-state index contributed by atoms with van der Waals surface area (Å²) in [6.45, 7) is 2.49. The molecule has 5 heteroatoms. The Morgan fingerprint density at radius 3 is 2.75 bits per heavy atom. The molecule has 3 aromatic carbocycles. The first-order valence-electron chi connectivity index (χ1n) is 9.12. The number of nitrogens with zero attached hydrogens (tertiary/aromatic N) is 2. The second-order valence-corrected chi connectivity index (χ2v) is 7.25. The normalized spacial score (nSPS) is 11.4. The number of rotatable bonds is 4. The Kier molecular flexibility index (Phi) is 4.06. The lowest BCUT2D eigenvalue weighted by Gasteiger charge is -2.09. The maximum Gasteiger partial charge on any atom is 0.146 e. The predicted molar refractivity (Wildman–Crippen MR) is 113 cm³/mol. The molecule has 1 N–H and O–H groups in total. The molecule has 2 aromatic heterocycles. The van der Waals surface area contributed by atoms with Crippen LogP contribution in [0, 0.1) is 6.92 Å². The van der Waals surface area contributed by atoms with Gasteiger partial charge in [-0.15, -0.1) is 0 Å². The van der Waals surface area contributed by atoms with Crippen LogP contribution >= 0.6 is 11.6 Å². The van der Waals surface area contributed by atoms with Crippen molar-refractivity contribution in [1.29, 1.82) is 0 Å². The standard InChI is InChI=1S/C23H18ClN3O/c1-15-11-16-12-19(28-14-23-25-20-7-2-3-8-21(20)26-23)9-10-22(16)27(15)18-6-4-5-17(24)13-18/h2-13H,14H2,1H3,(H,25,26). The van der Waals surface area contributed by atoms with Crippen LogP contribution in [0.4, 0.5) is 0 Å². The molecule has 0 radical (unpaired) electrons. The zero-order valence-corrected chi connectivity index (χ0v) is 16.1. The van der Waals surface area contributed by atoms with Crippen molar-refractivity contribution in [3.63, 3.8) is 0 Å². The molecule has 0 unspecified atom stereocenters. The second-order valence-electron chi connectivity index (χ2n) is 6.81. The topological polar surface area (TPSA) is 42.8 Å². The average Bonchev–Trinajstić information content (AvgIpc) is 3.25. The van der Waals surface area contributed by atoms with Gasteiger partial charge in [-0.2, -0.15) is 0 Å². The van der Waals surface area contributed by atoms with Crippen molar-refractivity contribution in [3.05, 3.63) is 89.3 Å². The minimum Gasteiger partial charge on any atom is -0.486 e. The Morgan fingerprint density at radius 2 is 1.89 bits per heavy atom. The summed E-state index contributed by atoms with van der Waals surface area (Å²) in [6.07, 6.45) is 0. The van der Waals surface area contributed by atoms with E-state index < -0.39 is 0 Å². The van der Waals surface area contributed by atoms with Crippen molar-refractivity contribution >= 4 is 33.5 Å². The number of para-hydroxylation sites is 2. The van der Waals surface area contributed by atoms with Crippen LogP contribution in [0.15, 0.2) is 72.8 Å². The lowest BCUT2D eigenvalue weighted by molar-refractivity contribution is 0.298. The molecule has 5 aromatic rings. The molecule has 28 heavy (non-hydrogen) atoms. The predicted octanol–water partition coefficient (Wildman–Crippen LogP) is 6.05. The third-order valence-electron chi connectivity index (χ3n) is 4.84. The Hall–Kier alpha value is -3.24. The van der Waals surface area contributed by atoms with E-state index in [1.807, 2.05) is 48.5 Å². The summed E-state index contributed by atoms with van der Waals surface area (Å²) >= 11 is 6.18. The molecular weight excluding hydrogens is 370 g/mol. The molecule has 0 amide bonds. The van der Waals surface area contributed by atoms with E-state index in [0.29, 0.717) is 6.61 Å². The summed E-state index contributed by atoms with van der Waals surface area (Å²) in [5.41, 5.74) is 5.29. The van der Waals surface area contributed by atoms with Crippen LogP contribution in [-0.2, 0) is 6.61 Å². The molecule has 0 saturated heterocycles. The molecular formula is C23H18ClN3O. The van der Waals surface area contributed by atoms with E-state index in [4.69, 9.17) is 16.3 Å². The van der Waals surface area contributed by atoms with Gasteiger partial charge >= 0.3 is 0 Å². The summed E-state index contributed by atoms with van der Waals surface area (Å²) in [5.74, 6) is 1.63. The Bertz CT molecular complexity index is 1270. The summed E-state index contributed by atoms with van der Waals surface area (Å²) in [6, 6.07) is 24.1. The van der Waals surface area contributed by atoms with Crippen LogP contribution < -0.4 is 4.74 Å². The summed E-state index contributed by atoms with van der Waals surface area (Å²) in [7, 11) is 0. The van der Waals surface area contributed by atoms with Crippen molar-refractivity contribution in [1.82, 2.24) is 14.5 Å². The highest BCUT2D eigenvalue weighted by Crippen LogP contribution is 2.28. The number of aryl methyl sites for hydroxylation is 1. The number of hydrogen-bond acceptors (Lipinski definition) is 2. The maximum atomic E-state index is 6.18. The smallest absolute Gasteiger partial charge is 0.146 e. The van der Waals surface area contributed by atoms with Crippen LogP contribution in [0.2, 0.25) is 5.02 Å². The first-order chi connectivity index (χ1) is 13.7. The number of nitrogens with one attached hydrogen (secondary N) is 1. The number of halogens is 1. The van der Waals surface area contributed by atoms with E-state index in [-0.39, 0.29) is 0 Å². The van der Waals surface area contributed by atoms with E-state index in [9.17, 15) is 0 Å². The van der Waals surface area contributed by atoms with Gasteiger partial charge in [0.1, 0.15) is 18.2 Å². The average molecular weight is 388 g/mol. The molecule has 0 fully saturated rings. The second kappa shape index (κ2) is 6.73. The minimum absolute atomic E-state index is 0.397. The van der Waals surface area contributed by atoms with Crippen molar-refractivity contribution in [2.45, 2.75) is 13.5 Å². The SMILES string of the molecule is Cc1cc2cc(OCc3nc4ccccc4[nH]3)ccc2n1-c1cccc(Cl)c1. The number of hydrogen-bond donors (Lipinski definition) is 1. The first kappa shape index (κ1) is 16.9. The highest BCUT2D eigenvalue weighted by Gasteiger charge is 2.10. The molecule has 2 heterocycles. The quantitative estimate of drug-likeness (QED) is 0.408. The van der Waals surface area contributed by atoms with Gasteiger partial charge in [-0.3, -0.25) is 0 Å². The van der Waals surface area contributed by atoms with Crippen LogP contribution in [0.3, 0.4) is 0 Å². The summed E-state index contributed by atoms with van der Waals surface area (Å²) in [5, 5.41) is 1.85.